The highest BCUT2D eigenvalue weighted by Gasteiger charge is 2.31. The van der Waals surface area contributed by atoms with Gasteiger partial charge in [0.25, 0.3) is 0 Å². The summed E-state index contributed by atoms with van der Waals surface area (Å²) >= 11 is 1.49. The van der Waals surface area contributed by atoms with Gasteiger partial charge in [0.1, 0.15) is 0 Å². The smallest absolute Gasteiger partial charge is 0.337 e. The molecular formula is C20H22N4O4S. The molecular weight excluding hydrogens is 392 g/mol. The van der Waals surface area contributed by atoms with E-state index in [9.17, 15) is 14.4 Å². The van der Waals surface area contributed by atoms with E-state index in [-0.39, 0.29) is 24.3 Å². The predicted molar refractivity (Wildman–Crippen MR) is 109 cm³/mol. The third-order valence-electron chi connectivity index (χ3n) is 4.95. The Kier molecular flexibility index (Phi) is 5.59. The first-order valence-electron chi connectivity index (χ1n) is 9.52. The van der Waals surface area contributed by atoms with E-state index in [4.69, 9.17) is 0 Å². The maximum atomic E-state index is 12.4. The fourth-order valence-electron chi connectivity index (χ4n) is 3.20. The number of hydrogen-bond acceptors (Lipinski definition) is 7. The molecule has 152 valence electrons. The van der Waals surface area contributed by atoms with E-state index in [0.717, 1.165) is 36.4 Å². The summed E-state index contributed by atoms with van der Waals surface area (Å²) < 4.78 is 4.66. The number of benzene rings is 1. The molecule has 1 aromatic heterocycles. The Morgan fingerprint density at radius 3 is 2.66 bits per heavy atom. The second-order valence-electron chi connectivity index (χ2n) is 7.23. The average Bonchev–Trinajstić information content (AvgIpc) is 3.49. The third kappa shape index (κ3) is 4.80. The van der Waals surface area contributed by atoms with Crippen molar-refractivity contribution in [2.24, 2.45) is 5.92 Å². The molecule has 2 heterocycles. The molecule has 2 aromatic rings. The Labute approximate surface area is 172 Å². The molecule has 0 bridgehead atoms. The van der Waals surface area contributed by atoms with Crippen molar-refractivity contribution >= 4 is 39.9 Å². The molecule has 9 heteroatoms. The average molecular weight is 414 g/mol. The van der Waals surface area contributed by atoms with E-state index < -0.39 is 5.97 Å². The molecule has 0 saturated heterocycles. The van der Waals surface area contributed by atoms with Gasteiger partial charge in [-0.15, -0.1) is 11.3 Å². The summed E-state index contributed by atoms with van der Waals surface area (Å²) in [6, 6.07) is 6.58. The van der Waals surface area contributed by atoms with Gasteiger partial charge in [-0.1, -0.05) is 0 Å². The molecule has 2 aliphatic rings. The maximum absolute atomic E-state index is 12.4. The van der Waals surface area contributed by atoms with Crippen LogP contribution in [-0.2, 0) is 27.3 Å². The Balaban J connectivity index is 1.30. The van der Waals surface area contributed by atoms with E-state index in [1.54, 1.807) is 24.3 Å². The number of rotatable bonds is 6. The van der Waals surface area contributed by atoms with Crippen LogP contribution in [-0.4, -0.2) is 47.9 Å². The van der Waals surface area contributed by atoms with E-state index in [0.29, 0.717) is 22.9 Å². The Hall–Kier alpha value is -2.78. The van der Waals surface area contributed by atoms with Crippen LogP contribution >= 0.6 is 11.3 Å². The van der Waals surface area contributed by atoms with Crippen LogP contribution in [0.3, 0.4) is 0 Å². The van der Waals surface area contributed by atoms with Gasteiger partial charge in [0.15, 0.2) is 5.13 Å². The number of esters is 1. The van der Waals surface area contributed by atoms with Crippen molar-refractivity contribution in [1.29, 1.82) is 0 Å². The summed E-state index contributed by atoms with van der Waals surface area (Å²) in [4.78, 5) is 43.5. The first-order valence-corrected chi connectivity index (χ1v) is 10.3. The number of nitrogens with zero attached hydrogens (tertiary/aromatic N) is 2. The van der Waals surface area contributed by atoms with Crippen molar-refractivity contribution in [3.63, 3.8) is 0 Å². The number of aromatic nitrogens is 1. The van der Waals surface area contributed by atoms with Gasteiger partial charge < -0.3 is 15.4 Å². The second-order valence-corrected chi connectivity index (χ2v) is 8.31. The first kappa shape index (κ1) is 19.5. The number of carbonyl (C=O) groups excluding carboxylic acids is 3. The van der Waals surface area contributed by atoms with Crippen molar-refractivity contribution in [2.45, 2.75) is 25.8 Å². The number of thiazole rings is 1. The van der Waals surface area contributed by atoms with Crippen molar-refractivity contribution in [2.75, 3.05) is 30.8 Å². The van der Waals surface area contributed by atoms with Gasteiger partial charge in [0, 0.05) is 36.0 Å². The third-order valence-corrected chi connectivity index (χ3v) is 5.94. The highest BCUT2D eigenvalue weighted by Crippen LogP contribution is 2.32. The van der Waals surface area contributed by atoms with Crippen molar-refractivity contribution < 1.29 is 19.1 Å². The van der Waals surface area contributed by atoms with Gasteiger partial charge in [-0.05, 0) is 37.1 Å². The number of hydrogen-bond donors (Lipinski definition) is 2. The number of ether oxygens (including phenoxy) is 1. The summed E-state index contributed by atoms with van der Waals surface area (Å²) in [5.41, 5.74) is 2.07. The standard InChI is InChI=1S/C20H22N4O4S/c1-28-19(27)13-4-6-14(7-5-13)21-17(25)11-24-9-8-15-16(10-24)29-20(22-15)23-18(26)12-2-3-12/h4-7,12H,2-3,8-11H2,1H3,(H,21,25)(H,22,23,26). The van der Waals surface area contributed by atoms with E-state index >= 15 is 0 Å². The zero-order chi connectivity index (χ0) is 20.4. The summed E-state index contributed by atoms with van der Waals surface area (Å²) in [7, 11) is 1.33. The van der Waals surface area contributed by atoms with E-state index in [1.165, 1.54) is 18.4 Å². The summed E-state index contributed by atoms with van der Waals surface area (Å²) in [6.45, 7) is 1.64. The topological polar surface area (TPSA) is 101 Å². The lowest BCUT2D eigenvalue weighted by molar-refractivity contribution is -0.118. The van der Waals surface area contributed by atoms with Gasteiger partial charge >= 0.3 is 5.97 Å². The number of amides is 2. The highest BCUT2D eigenvalue weighted by atomic mass is 32.1. The van der Waals surface area contributed by atoms with Gasteiger partial charge in [-0.2, -0.15) is 0 Å². The molecule has 2 amide bonds. The van der Waals surface area contributed by atoms with Gasteiger partial charge in [0.05, 0.1) is 24.9 Å². The largest absolute Gasteiger partial charge is 0.465 e. The summed E-state index contributed by atoms with van der Waals surface area (Å²) in [5.74, 6) is -0.321. The van der Waals surface area contributed by atoms with Crippen LogP contribution in [0.15, 0.2) is 24.3 Å². The minimum atomic E-state index is -0.413. The van der Waals surface area contributed by atoms with Gasteiger partial charge in [0.2, 0.25) is 11.8 Å². The fourth-order valence-corrected chi connectivity index (χ4v) is 4.25. The summed E-state index contributed by atoms with van der Waals surface area (Å²) in [5, 5.41) is 6.41. The molecule has 0 spiro atoms. The lowest BCUT2D eigenvalue weighted by Crippen LogP contribution is -2.36. The number of nitrogens with one attached hydrogen (secondary N) is 2. The zero-order valence-corrected chi connectivity index (χ0v) is 16.9. The first-order chi connectivity index (χ1) is 14.0. The predicted octanol–water partition coefficient (Wildman–Crippen LogP) is 2.27. The quantitative estimate of drug-likeness (QED) is 0.704. The molecule has 1 aliphatic carbocycles. The van der Waals surface area contributed by atoms with Crippen molar-refractivity contribution in [3.05, 3.63) is 40.4 Å². The number of fused-ring (bicyclic) bond motifs is 1. The van der Waals surface area contributed by atoms with Crippen LogP contribution in [0.4, 0.5) is 10.8 Å². The van der Waals surface area contributed by atoms with Crippen LogP contribution in [0.1, 0.15) is 33.8 Å². The van der Waals surface area contributed by atoms with Crippen LogP contribution in [0, 0.1) is 5.92 Å². The SMILES string of the molecule is COC(=O)c1ccc(NC(=O)CN2CCc3nc(NC(=O)C4CC4)sc3C2)cc1. The normalized spacial score (nSPS) is 16.0. The highest BCUT2D eigenvalue weighted by molar-refractivity contribution is 7.15. The van der Waals surface area contributed by atoms with Crippen LogP contribution < -0.4 is 10.6 Å². The minimum absolute atomic E-state index is 0.0607. The molecule has 8 nitrogen and oxygen atoms in total. The van der Waals surface area contributed by atoms with Crippen LogP contribution in [0.25, 0.3) is 0 Å². The van der Waals surface area contributed by atoms with Crippen molar-refractivity contribution in [1.82, 2.24) is 9.88 Å². The van der Waals surface area contributed by atoms with E-state index in [2.05, 4.69) is 25.3 Å². The van der Waals surface area contributed by atoms with Gasteiger partial charge in [-0.25, -0.2) is 9.78 Å². The zero-order valence-electron chi connectivity index (χ0n) is 16.1. The molecule has 29 heavy (non-hydrogen) atoms. The molecule has 2 N–H and O–H groups in total. The lowest BCUT2D eigenvalue weighted by atomic mass is 10.2. The molecule has 1 fully saturated rings. The maximum Gasteiger partial charge on any atom is 0.337 e. The molecule has 0 unspecified atom stereocenters. The van der Waals surface area contributed by atoms with E-state index in [1.807, 2.05) is 0 Å². The number of carbonyl (C=O) groups is 3. The number of methoxy groups -OCH3 is 1. The number of anilines is 2. The van der Waals surface area contributed by atoms with Crippen molar-refractivity contribution in [3.8, 4) is 0 Å². The molecule has 4 rings (SSSR count). The molecule has 0 atom stereocenters. The van der Waals surface area contributed by atoms with Crippen LogP contribution in [0.2, 0.25) is 0 Å². The monoisotopic (exact) mass is 414 g/mol. The lowest BCUT2D eigenvalue weighted by Gasteiger charge is -2.25. The minimum Gasteiger partial charge on any atom is -0.465 e. The molecule has 1 aliphatic heterocycles. The molecule has 1 aromatic carbocycles. The Morgan fingerprint density at radius 1 is 1.21 bits per heavy atom. The Bertz CT molecular complexity index is 936. The second kappa shape index (κ2) is 8.30. The summed E-state index contributed by atoms with van der Waals surface area (Å²) in [6.07, 6.45) is 2.68. The molecule has 0 radical (unpaired) electrons. The Morgan fingerprint density at radius 2 is 1.97 bits per heavy atom. The van der Waals surface area contributed by atoms with Crippen LogP contribution in [0.5, 0.6) is 0 Å². The molecule has 1 saturated carbocycles. The van der Waals surface area contributed by atoms with Gasteiger partial charge in [-0.3, -0.25) is 14.5 Å². The fraction of sp³-hybridized carbons (Fsp3) is 0.400.